The van der Waals surface area contributed by atoms with Gasteiger partial charge in [0.15, 0.2) is 0 Å². The molecule has 24 heavy (non-hydrogen) atoms. The normalized spacial score (nSPS) is 22.7. The Labute approximate surface area is 150 Å². The Kier molecular flexibility index (Phi) is 6.14. The number of nitrogens with one attached hydrogen (secondary N) is 1. The van der Waals surface area contributed by atoms with E-state index in [0.717, 1.165) is 63.3 Å². The number of rotatable bonds is 5. The lowest BCUT2D eigenvalue weighted by atomic mass is 10.0. The molecule has 2 saturated heterocycles. The van der Waals surface area contributed by atoms with Gasteiger partial charge in [-0.2, -0.15) is 0 Å². The lowest BCUT2D eigenvalue weighted by Gasteiger charge is -2.37. The molecule has 5 heteroatoms. The number of nitrogens with zero attached hydrogens (tertiary/aromatic N) is 2. The van der Waals surface area contributed by atoms with Crippen LogP contribution < -0.4 is 5.32 Å². The minimum Gasteiger partial charge on any atom is -0.341 e. The molecule has 1 aromatic rings. The van der Waals surface area contributed by atoms with Gasteiger partial charge >= 0.3 is 0 Å². The van der Waals surface area contributed by atoms with E-state index in [0.29, 0.717) is 6.04 Å². The van der Waals surface area contributed by atoms with Gasteiger partial charge < -0.3 is 15.1 Å². The van der Waals surface area contributed by atoms with Crippen LogP contribution in [0.3, 0.4) is 0 Å². The highest BCUT2D eigenvalue weighted by molar-refractivity contribution is 6.30. The Hall–Kier alpha value is -1.10. The first-order valence-electron chi connectivity index (χ1n) is 9.10. The maximum Gasteiger partial charge on any atom is 0.239 e. The fraction of sp³-hybridized carbons (Fsp3) is 0.632. The molecule has 0 radical (unpaired) electrons. The number of likely N-dealkylation sites (tertiary alicyclic amines) is 1. The average Bonchev–Trinajstić information content (AvgIpc) is 3.15. The van der Waals surface area contributed by atoms with Gasteiger partial charge in [-0.15, -0.1) is 0 Å². The molecule has 2 aliphatic rings. The molecule has 1 N–H and O–H groups in total. The fourth-order valence-electron chi connectivity index (χ4n) is 3.79. The number of amides is 1. The molecule has 2 heterocycles. The van der Waals surface area contributed by atoms with E-state index >= 15 is 0 Å². The summed E-state index contributed by atoms with van der Waals surface area (Å²) >= 11 is 5.93. The Morgan fingerprint density at radius 1 is 1.25 bits per heavy atom. The number of carbonyl (C=O) groups is 1. The summed E-state index contributed by atoms with van der Waals surface area (Å²) in [5, 5.41) is 4.11. The highest BCUT2D eigenvalue weighted by Crippen LogP contribution is 2.19. The molecule has 132 valence electrons. The van der Waals surface area contributed by atoms with E-state index in [1.165, 1.54) is 5.56 Å². The van der Waals surface area contributed by atoms with Crippen molar-refractivity contribution in [2.45, 2.75) is 44.2 Å². The minimum absolute atomic E-state index is 0.0536. The lowest BCUT2D eigenvalue weighted by molar-refractivity contribution is -0.134. The molecule has 1 aromatic carbocycles. The van der Waals surface area contributed by atoms with Crippen molar-refractivity contribution < 1.29 is 4.79 Å². The van der Waals surface area contributed by atoms with Crippen LogP contribution >= 0.6 is 11.6 Å². The highest BCUT2D eigenvalue weighted by Gasteiger charge is 2.30. The second kappa shape index (κ2) is 8.32. The van der Waals surface area contributed by atoms with Gasteiger partial charge in [-0.3, -0.25) is 4.79 Å². The number of piperidine rings is 1. The van der Waals surface area contributed by atoms with Crippen molar-refractivity contribution in [1.82, 2.24) is 15.1 Å². The average molecular weight is 350 g/mol. The van der Waals surface area contributed by atoms with Crippen molar-refractivity contribution in [2.75, 3.05) is 33.2 Å². The molecule has 0 spiro atoms. The first-order valence-corrected chi connectivity index (χ1v) is 9.48. The molecule has 0 bridgehead atoms. The second-order valence-corrected chi connectivity index (χ2v) is 7.48. The Morgan fingerprint density at radius 3 is 2.58 bits per heavy atom. The molecule has 3 rings (SSSR count). The van der Waals surface area contributed by atoms with Crippen molar-refractivity contribution >= 4 is 17.5 Å². The van der Waals surface area contributed by atoms with E-state index < -0.39 is 0 Å². The second-order valence-electron chi connectivity index (χ2n) is 7.05. The summed E-state index contributed by atoms with van der Waals surface area (Å²) in [7, 11) is 1.98. The van der Waals surface area contributed by atoms with E-state index in [4.69, 9.17) is 11.6 Å². The summed E-state index contributed by atoms with van der Waals surface area (Å²) in [6.45, 7) is 4.21. The summed E-state index contributed by atoms with van der Waals surface area (Å²) < 4.78 is 0. The van der Waals surface area contributed by atoms with Crippen LogP contribution in [0.5, 0.6) is 0 Å². The van der Waals surface area contributed by atoms with E-state index in [1.54, 1.807) is 0 Å². The molecular formula is C19H28ClN3O. The van der Waals surface area contributed by atoms with Gasteiger partial charge in [0.25, 0.3) is 0 Å². The zero-order valence-electron chi connectivity index (χ0n) is 14.5. The third-order valence-electron chi connectivity index (χ3n) is 5.44. The Balaban J connectivity index is 1.41. The quantitative estimate of drug-likeness (QED) is 0.887. The number of likely N-dealkylation sites (N-methyl/N-ethyl adjacent to an activating group) is 1. The van der Waals surface area contributed by atoms with Gasteiger partial charge in [0.1, 0.15) is 0 Å². The zero-order chi connectivity index (χ0) is 16.9. The van der Waals surface area contributed by atoms with Crippen LogP contribution in [0.15, 0.2) is 24.3 Å². The first kappa shape index (κ1) is 17.7. The fourth-order valence-corrected chi connectivity index (χ4v) is 3.92. The summed E-state index contributed by atoms with van der Waals surface area (Å²) in [4.78, 5) is 17.0. The van der Waals surface area contributed by atoms with Crippen LogP contribution in [0, 0.1) is 0 Å². The molecule has 4 nitrogen and oxygen atoms in total. The van der Waals surface area contributed by atoms with Gasteiger partial charge in [-0.25, -0.2) is 0 Å². The molecule has 0 saturated carbocycles. The van der Waals surface area contributed by atoms with Crippen LogP contribution in [0.25, 0.3) is 0 Å². The summed E-state index contributed by atoms with van der Waals surface area (Å²) in [5.41, 5.74) is 1.33. The maximum absolute atomic E-state index is 12.5. The molecule has 0 unspecified atom stereocenters. The van der Waals surface area contributed by atoms with E-state index in [1.807, 2.05) is 24.1 Å². The molecule has 0 aliphatic carbocycles. The molecule has 1 amide bonds. The van der Waals surface area contributed by atoms with Crippen LogP contribution in [0.2, 0.25) is 5.02 Å². The maximum atomic E-state index is 12.5. The van der Waals surface area contributed by atoms with Crippen LogP contribution in [-0.4, -0.2) is 61.0 Å². The smallest absolute Gasteiger partial charge is 0.239 e. The third kappa shape index (κ3) is 4.50. The van der Waals surface area contributed by atoms with Gasteiger partial charge in [0.05, 0.1) is 6.04 Å². The summed E-state index contributed by atoms with van der Waals surface area (Å²) in [6.07, 6.45) is 5.32. The predicted octanol–water partition coefficient (Wildman–Crippen LogP) is 2.56. The van der Waals surface area contributed by atoms with Crippen LogP contribution in [0.1, 0.15) is 31.2 Å². The number of hydrogen-bond donors (Lipinski definition) is 1. The highest BCUT2D eigenvalue weighted by atomic mass is 35.5. The van der Waals surface area contributed by atoms with Crippen LogP contribution in [-0.2, 0) is 11.2 Å². The van der Waals surface area contributed by atoms with Gasteiger partial charge in [-0.05, 0) is 56.3 Å². The van der Waals surface area contributed by atoms with E-state index in [-0.39, 0.29) is 11.9 Å². The van der Waals surface area contributed by atoms with Gasteiger partial charge in [-0.1, -0.05) is 23.7 Å². The molecule has 1 atom stereocenters. The summed E-state index contributed by atoms with van der Waals surface area (Å²) in [6, 6.07) is 8.58. The molecule has 0 aromatic heterocycles. The number of carbonyl (C=O) groups excluding carboxylic acids is 1. The predicted molar refractivity (Wildman–Crippen MR) is 98.4 cm³/mol. The lowest BCUT2D eigenvalue weighted by Crippen LogP contribution is -2.50. The molecular weight excluding hydrogens is 322 g/mol. The van der Waals surface area contributed by atoms with Crippen molar-refractivity contribution in [1.29, 1.82) is 0 Å². The number of halogens is 1. The van der Waals surface area contributed by atoms with E-state index in [9.17, 15) is 4.79 Å². The van der Waals surface area contributed by atoms with Crippen molar-refractivity contribution in [3.05, 3.63) is 34.9 Å². The standard InChI is InChI=1S/C19H28ClN3O/c1-22(19(24)18-3-2-11-21-18)17-9-13-23(14-10-17)12-8-15-4-6-16(20)7-5-15/h4-7,17-18,21H,2-3,8-14H2,1H3/t18-/m0/s1. The number of hydrogen-bond acceptors (Lipinski definition) is 3. The largest absolute Gasteiger partial charge is 0.341 e. The number of benzene rings is 1. The van der Waals surface area contributed by atoms with Crippen LogP contribution in [0.4, 0.5) is 0 Å². The minimum atomic E-state index is 0.0536. The first-order chi connectivity index (χ1) is 11.6. The van der Waals surface area contributed by atoms with E-state index in [2.05, 4.69) is 22.3 Å². The molecule has 2 aliphatic heterocycles. The third-order valence-corrected chi connectivity index (χ3v) is 5.69. The SMILES string of the molecule is CN(C(=O)[C@@H]1CCCN1)C1CCN(CCc2ccc(Cl)cc2)CC1. The van der Waals surface area contributed by atoms with Gasteiger partial charge in [0.2, 0.25) is 5.91 Å². The Bertz CT molecular complexity index is 534. The summed E-state index contributed by atoms with van der Waals surface area (Å²) in [5.74, 6) is 0.284. The monoisotopic (exact) mass is 349 g/mol. The zero-order valence-corrected chi connectivity index (χ0v) is 15.3. The van der Waals surface area contributed by atoms with Crippen molar-refractivity contribution in [3.63, 3.8) is 0 Å². The topological polar surface area (TPSA) is 35.6 Å². The van der Waals surface area contributed by atoms with Crippen molar-refractivity contribution in [3.8, 4) is 0 Å². The Morgan fingerprint density at radius 2 is 1.96 bits per heavy atom. The van der Waals surface area contributed by atoms with Crippen molar-refractivity contribution in [2.24, 2.45) is 0 Å². The molecule has 2 fully saturated rings. The van der Waals surface area contributed by atoms with Gasteiger partial charge in [0, 0.05) is 37.7 Å².